The maximum atomic E-state index is 14.2. The molecule has 34 heavy (non-hydrogen) atoms. The number of hydrogen-bond donors (Lipinski definition) is 0. The highest BCUT2D eigenvalue weighted by Crippen LogP contribution is 2.64. The lowest BCUT2D eigenvalue weighted by Crippen LogP contribution is -2.74. The van der Waals surface area contributed by atoms with E-state index in [2.05, 4.69) is 0 Å². The zero-order valence-electron chi connectivity index (χ0n) is 16.5. The van der Waals surface area contributed by atoms with E-state index in [-0.39, 0.29) is 32.4 Å². The van der Waals surface area contributed by atoms with Crippen LogP contribution in [0.2, 0.25) is 11.6 Å². The number of hydrogen-bond acceptors (Lipinski definition) is 1. The van der Waals surface area contributed by atoms with Crippen molar-refractivity contribution in [2.75, 3.05) is 6.61 Å². The monoisotopic (exact) mass is 562 g/mol. The molecule has 1 fully saturated rings. The minimum absolute atomic E-state index is 0.0589. The third kappa shape index (κ3) is 4.25. The van der Waals surface area contributed by atoms with Gasteiger partial charge in [0.1, 0.15) is 0 Å². The molecule has 1 aliphatic heterocycles. The van der Waals surface area contributed by atoms with Crippen molar-refractivity contribution in [3.8, 4) is 0 Å². The minimum atomic E-state index is -8.44. The van der Waals surface area contributed by atoms with E-state index in [4.69, 9.17) is 4.43 Å². The van der Waals surface area contributed by atoms with Gasteiger partial charge < -0.3 is 4.43 Å². The largest absolute Gasteiger partial charge is 0.420 e. The number of alkyl halides is 17. The molecule has 19 heteroatoms. The molecular weight excluding hydrogens is 547 g/mol. The van der Waals surface area contributed by atoms with E-state index in [9.17, 15) is 74.6 Å². The van der Waals surface area contributed by atoms with E-state index in [1.165, 1.54) is 0 Å². The summed E-state index contributed by atoms with van der Waals surface area (Å²) in [4.78, 5) is 0. The average Bonchev–Trinajstić information content (AvgIpc) is 2.71. The summed E-state index contributed by atoms with van der Waals surface area (Å²) in [6.45, 7) is -0.190. The molecular formula is C15H15F17OSi. The fourth-order valence-corrected chi connectivity index (χ4v) is 5.81. The van der Waals surface area contributed by atoms with Gasteiger partial charge in [0.2, 0.25) is 6.17 Å². The van der Waals surface area contributed by atoms with Crippen LogP contribution in [0.25, 0.3) is 0 Å². The van der Waals surface area contributed by atoms with Crippen LogP contribution in [0.3, 0.4) is 0 Å². The molecule has 0 bridgehead atoms. The first-order chi connectivity index (χ1) is 14.9. The Bertz CT molecular complexity index is 703. The maximum Gasteiger partial charge on any atom is 0.384 e. The molecule has 0 aliphatic carbocycles. The van der Waals surface area contributed by atoms with Gasteiger partial charge in [-0.25, -0.2) is 13.2 Å². The summed E-state index contributed by atoms with van der Waals surface area (Å²) in [7, 11) is -3.60. The summed E-state index contributed by atoms with van der Waals surface area (Å²) in [5.74, 6) is -54.7. The Labute approximate surface area is 181 Å². The second kappa shape index (κ2) is 9.13. The van der Waals surface area contributed by atoms with Crippen LogP contribution in [0.4, 0.5) is 74.6 Å². The lowest BCUT2D eigenvalue weighted by Gasteiger charge is -2.44. The van der Waals surface area contributed by atoms with Gasteiger partial charge in [0, 0.05) is 12.1 Å². The van der Waals surface area contributed by atoms with Crippen LogP contribution >= 0.6 is 0 Å². The number of halogens is 17. The van der Waals surface area contributed by atoms with Crippen LogP contribution in [0.15, 0.2) is 0 Å². The topological polar surface area (TPSA) is 9.23 Å². The molecule has 0 aromatic carbocycles. The molecule has 0 aromatic heterocycles. The number of rotatable bonds is 10. The highest BCUT2D eigenvalue weighted by Gasteiger charge is 2.93. The quantitative estimate of drug-likeness (QED) is 0.207. The Morgan fingerprint density at radius 2 is 0.971 bits per heavy atom. The molecule has 1 nitrogen and oxygen atoms in total. The molecule has 0 amide bonds. The lowest BCUT2D eigenvalue weighted by molar-refractivity contribution is -0.445. The van der Waals surface area contributed by atoms with E-state index in [0.29, 0.717) is 0 Å². The predicted molar refractivity (Wildman–Crippen MR) is 82.1 cm³/mol. The second-order valence-corrected chi connectivity index (χ2v) is 10.5. The standard InChI is InChI=1S/C15H15F17OSi/c1-6(34-5-3-2-4-33-34)9(19,20)11(23,24)13(27,28)15(31,32)14(29,30)12(25,26)10(21,22)7(16)8(17)18/h6-8,34H,2-5H2,1H3. The Hall–Kier alpha value is -1.01. The molecule has 1 aliphatic rings. The van der Waals surface area contributed by atoms with Crippen LogP contribution in [0, 0.1) is 0 Å². The lowest BCUT2D eigenvalue weighted by atomic mass is 9.87. The van der Waals surface area contributed by atoms with Gasteiger partial charge in [0.25, 0.3) is 6.43 Å². The van der Waals surface area contributed by atoms with E-state index >= 15 is 0 Å². The van der Waals surface area contributed by atoms with Crippen molar-refractivity contribution in [1.82, 2.24) is 0 Å². The van der Waals surface area contributed by atoms with Crippen molar-refractivity contribution in [3.05, 3.63) is 0 Å². The molecule has 1 rings (SSSR count). The van der Waals surface area contributed by atoms with Gasteiger partial charge in [-0.05, 0) is 12.5 Å². The van der Waals surface area contributed by atoms with Gasteiger partial charge in [-0.15, -0.1) is 0 Å². The summed E-state index contributed by atoms with van der Waals surface area (Å²) in [5, 5.41) is 0. The third-order valence-corrected chi connectivity index (χ3v) is 8.50. The summed E-state index contributed by atoms with van der Waals surface area (Å²) in [5.41, 5.74) is -2.98. The molecule has 3 atom stereocenters. The molecule has 204 valence electrons. The molecule has 1 heterocycles. The van der Waals surface area contributed by atoms with Gasteiger partial charge in [-0.3, -0.25) is 0 Å². The van der Waals surface area contributed by atoms with Crippen molar-refractivity contribution in [2.45, 2.75) is 85.4 Å². The maximum absolute atomic E-state index is 14.2. The van der Waals surface area contributed by atoms with E-state index < -0.39 is 68.6 Å². The zero-order valence-corrected chi connectivity index (χ0v) is 17.6. The molecule has 3 unspecified atom stereocenters. The van der Waals surface area contributed by atoms with Crippen LogP contribution in [-0.2, 0) is 4.43 Å². The Morgan fingerprint density at radius 3 is 1.32 bits per heavy atom. The second-order valence-electron chi connectivity index (χ2n) is 7.55. The molecule has 0 saturated carbocycles. The SMILES string of the molecule is CC([SiH]1CCCCO1)C(F)(F)C(F)(F)C(F)(F)C(F)(F)C(F)(F)C(F)(F)C(F)(F)C(F)C(F)F. The van der Waals surface area contributed by atoms with E-state index in [1.807, 2.05) is 0 Å². The van der Waals surface area contributed by atoms with Crippen molar-refractivity contribution in [1.29, 1.82) is 0 Å². The molecule has 0 spiro atoms. The first kappa shape index (κ1) is 31.0. The highest BCUT2D eigenvalue weighted by molar-refractivity contribution is 6.54. The fourth-order valence-electron chi connectivity index (χ4n) is 3.02. The van der Waals surface area contributed by atoms with Crippen molar-refractivity contribution >= 4 is 9.04 Å². The van der Waals surface area contributed by atoms with Gasteiger partial charge in [-0.2, -0.15) is 61.5 Å². The van der Waals surface area contributed by atoms with Crippen molar-refractivity contribution < 1.29 is 79.1 Å². The van der Waals surface area contributed by atoms with E-state index in [0.717, 1.165) is 0 Å². The van der Waals surface area contributed by atoms with Crippen LogP contribution in [-0.4, -0.2) is 69.7 Å². The molecule has 0 aromatic rings. The first-order valence-corrected chi connectivity index (χ1v) is 11.0. The molecule has 1 saturated heterocycles. The first-order valence-electron chi connectivity index (χ1n) is 9.05. The molecule has 0 radical (unpaired) electrons. The van der Waals surface area contributed by atoms with Gasteiger partial charge in [0.05, 0.1) is 0 Å². The van der Waals surface area contributed by atoms with Crippen molar-refractivity contribution in [2.24, 2.45) is 0 Å². The highest BCUT2D eigenvalue weighted by atomic mass is 28.3. The summed E-state index contributed by atoms with van der Waals surface area (Å²) >= 11 is 0. The summed E-state index contributed by atoms with van der Waals surface area (Å²) < 4.78 is 233. The predicted octanol–water partition coefficient (Wildman–Crippen LogP) is 6.96. The van der Waals surface area contributed by atoms with Crippen molar-refractivity contribution in [3.63, 3.8) is 0 Å². The third-order valence-electron chi connectivity index (χ3n) is 5.33. The Kier molecular flexibility index (Phi) is 8.33. The molecule has 0 N–H and O–H groups in total. The van der Waals surface area contributed by atoms with Gasteiger partial charge >= 0.3 is 41.5 Å². The van der Waals surface area contributed by atoms with Crippen LogP contribution < -0.4 is 0 Å². The normalized spacial score (nSPS) is 22.1. The average molecular weight is 562 g/mol. The van der Waals surface area contributed by atoms with Gasteiger partial charge in [0.15, 0.2) is 9.04 Å². The fraction of sp³-hybridized carbons (Fsp3) is 1.00. The van der Waals surface area contributed by atoms with Crippen LogP contribution in [0.5, 0.6) is 0 Å². The van der Waals surface area contributed by atoms with Gasteiger partial charge in [-0.1, -0.05) is 13.3 Å². The summed E-state index contributed by atoms with van der Waals surface area (Å²) in [6, 6.07) is -0.374. The van der Waals surface area contributed by atoms with E-state index in [1.54, 1.807) is 0 Å². The minimum Gasteiger partial charge on any atom is -0.420 e. The Morgan fingerprint density at radius 1 is 0.588 bits per heavy atom. The Balaban J connectivity index is 3.54. The smallest absolute Gasteiger partial charge is 0.384 e. The zero-order chi connectivity index (χ0) is 27.3. The summed E-state index contributed by atoms with van der Waals surface area (Å²) in [6.07, 6.45) is -10.6. The van der Waals surface area contributed by atoms with Crippen LogP contribution in [0.1, 0.15) is 19.8 Å².